The van der Waals surface area contributed by atoms with Gasteiger partial charge in [-0.1, -0.05) is 24.6 Å². The summed E-state index contributed by atoms with van der Waals surface area (Å²) in [6.45, 7) is 9.50. The fourth-order valence-corrected chi connectivity index (χ4v) is 3.15. The summed E-state index contributed by atoms with van der Waals surface area (Å²) in [6.07, 6.45) is 0.622. The van der Waals surface area contributed by atoms with E-state index in [4.69, 9.17) is 0 Å². The lowest BCUT2D eigenvalue weighted by Crippen LogP contribution is -2.32. The number of nitrogens with zero attached hydrogens (tertiary/aromatic N) is 4. The van der Waals surface area contributed by atoms with Gasteiger partial charge in [0.25, 0.3) is 5.56 Å². The summed E-state index contributed by atoms with van der Waals surface area (Å²) in [7, 11) is 0. The Hall–Kier alpha value is -3.22. The highest BCUT2D eigenvalue weighted by molar-refractivity contribution is 5.91. The summed E-state index contributed by atoms with van der Waals surface area (Å²) in [5.41, 5.74) is 4.89. The minimum Gasteiger partial charge on any atom is -0.324 e. The van der Waals surface area contributed by atoms with Crippen LogP contribution in [0.4, 0.5) is 5.69 Å². The Kier molecular flexibility index (Phi) is 5.44. The second-order valence-electron chi connectivity index (χ2n) is 7.03. The molecule has 0 saturated heterocycles. The molecule has 0 atom stereocenters. The van der Waals surface area contributed by atoms with Gasteiger partial charge in [-0.25, -0.2) is 9.67 Å². The van der Waals surface area contributed by atoms with Gasteiger partial charge in [0.05, 0.1) is 5.69 Å². The molecule has 0 bridgehead atoms. The molecule has 0 saturated carbocycles. The molecule has 1 aromatic carbocycles. The number of aromatic nitrogens is 4. The molecule has 7 nitrogen and oxygen atoms in total. The highest BCUT2D eigenvalue weighted by Gasteiger charge is 2.16. The van der Waals surface area contributed by atoms with Crippen LogP contribution < -0.4 is 10.9 Å². The minimum absolute atomic E-state index is 0.142. The third-order valence-corrected chi connectivity index (χ3v) is 4.56. The van der Waals surface area contributed by atoms with Crippen LogP contribution in [0.5, 0.6) is 0 Å². The third kappa shape index (κ3) is 4.03. The van der Waals surface area contributed by atoms with Gasteiger partial charge in [0.15, 0.2) is 0 Å². The van der Waals surface area contributed by atoms with Crippen molar-refractivity contribution in [3.05, 3.63) is 68.9 Å². The molecule has 1 N–H and O–H groups in total. The van der Waals surface area contributed by atoms with Crippen LogP contribution in [-0.4, -0.2) is 25.2 Å². The number of hydrogen-bond acceptors (Lipinski definition) is 4. The molecule has 7 heteroatoms. The maximum absolute atomic E-state index is 12.7. The van der Waals surface area contributed by atoms with Crippen molar-refractivity contribution in [1.82, 2.24) is 19.3 Å². The summed E-state index contributed by atoms with van der Waals surface area (Å²) in [5, 5.41) is 7.32. The van der Waals surface area contributed by atoms with Crippen LogP contribution in [0.1, 0.15) is 35.1 Å². The Balaban J connectivity index is 1.98. The summed E-state index contributed by atoms with van der Waals surface area (Å²) >= 11 is 0. The lowest BCUT2D eigenvalue weighted by Gasteiger charge is -2.15. The Labute approximate surface area is 164 Å². The summed E-state index contributed by atoms with van der Waals surface area (Å²) in [6, 6.07) is 9.19. The lowest BCUT2D eigenvalue weighted by molar-refractivity contribution is -0.116. The van der Waals surface area contributed by atoms with Crippen LogP contribution in [0, 0.1) is 27.7 Å². The lowest BCUT2D eigenvalue weighted by atomic mass is 10.1. The third-order valence-electron chi connectivity index (χ3n) is 4.56. The van der Waals surface area contributed by atoms with Crippen LogP contribution in [0.15, 0.2) is 35.1 Å². The monoisotopic (exact) mass is 379 g/mol. The Morgan fingerprint density at radius 3 is 2.46 bits per heavy atom. The fraction of sp³-hybridized carbons (Fsp3) is 0.333. The van der Waals surface area contributed by atoms with E-state index in [1.165, 1.54) is 10.6 Å². The maximum atomic E-state index is 12.7. The van der Waals surface area contributed by atoms with Gasteiger partial charge in [0.2, 0.25) is 11.9 Å². The Bertz CT molecular complexity index is 1090. The molecule has 2 heterocycles. The molecular formula is C21H25N5O2. The summed E-state index contributed by atoms with van der Waals surface area (Å²) < 4.78 is 2.97. The number of hydrogen-bond donors (Lipinski definition) is 1. The summed E-state index contributed by atoms with van der Waals surface area (Å²) in [4.78, 5) is 30.0. The van der Waals surface area contributed by atoms with Crippen molar-refractivity contribution in [3.63, 3.8) is 0 Å². The van der Waals surface area contributed by atoms with Crippen LogP contribution in [0.3, 0.4) is 0 Å². The van der Waals surface area contributed by atoms with Gasteiger partial charge in [-0.05, 0) is 51.8 Å². The first-order valence-electron chi connectivity index (χ1n) is 9.30. The first kappa shape index (κ1) is 19.5. The molecular weight excluding hydrogens is 354 g/mol. The zero-order valence-corrected chi connectivity index (χ0v) is 16.9. The second-order valence-corrected chi connectivity index (χ2v) is 7.03. The van der Waals surface area contributed by atoms with E-state index < -0.39 is 0 Å². The van der Waals surface area contributed by atoms with E-state index >= 15 is 0 Å². The summed E-state index contributed by atoms with van der Waals surface area (Å²) in [5.74, 6) is 0.0635. The van der Waals surface area contributed by atoms with E-state index in [1.807, 2.05) is 58.9 Å². The predicted octanol–water partition coefficient (Wildman–Crippen LogP) is 2.86. The molecule has 0 aliphatic carbocycles. The number of rotatable bonds is 5. The molecule has 0 unspecified atom stereocenters. The zero-order chi connectivity index (χ0) is 20.4. The molecule has 3 aromatic rings. The Morgan fingerprint density at radius 2 is 1.86 bits per heavy atom. The first-order valence-corrected chi connectivity index (χ1v) is 9.30. The van der Waals surface area contributed by atoms with E-state index in [1.54, 1.807) is 4.68 Å². The molecule has 0 spiro atoms. The van der Waals surface area contributed by atoms with E-state index in [0.717, 1.165) is 28.2 Å². The van der Waals surface area contributed by atoms with Crippen LogP contribution in [0.25, 0.3) is 5.95 Å². The van der Waals surface area contributed by atoms with Gasteiger partial charge >= 0.3 is 0 Å². The van der Waals surface area contributed by atoms with Gasteiger partial charge in [-0.15, -0.1) is 0 Å². The average Bonchev–Trinajstić information content (AvgIpc) is 2.97. The second kappa shape index (κ2) is 7.80. The standard InChI is InChI=1S/C21H25N5O2/c1-6-17-11-20(28)25(21(22-17)26-16(5)10-15(4)24-26)12-19(27)23-18-8-7-13(2)9-14(18)3/h7-11H,6,12H2,1-5H3,(H,23,27). The topological polar surface area (TPSA) is 81.8 Å². The fourth-order valence-electron chi connectivity index (χ4n) is 3.15. The van der Waals surface area contributed by atoms with E-state index in [0.29, 0.717) is 18.1 Å². The first-order chi connectivity index (χ1) is 13.3. The average molecular weight is 379 g/mol. The van der Waals surface area contributed by atoms with Crippen molar-refractivity contribution in [2.75, 3.05) is 5.32 Å². The van der Waals surface area contributed by atoms with Gasteiger partial charge in [-0.2, -0.15) is 5.10 Å². The molecule has 0 aliphatic rings. The number of aryl methyl sites for hydroxylation is 5. The van der Waals surface area contributed by atoms with Crippen molar-refractivity contribution in [2.45, 2.75) is 47.6 Å². The zero-order valence-electron chi connectivity index (χ0n) is 16.9. The van der Waals surface area contributed by atoms with Gasteiger partial charge in [0, 0.05) is 23.1 Å². The van der Waals surface area contributed by atoms with Crippen molar-refractivity contribution in [1.29, 1.82) is 0 Å². The Morgan fingerprint density at radius 1 is 1.11 bits per heavy atom. The van der Waals surface area contributed by atoms with Crippen LogP contribution >= 0.6 is 0 Å². The number of benzene rings is 1. The maximum Gasteiger partial charge on any atom is 0.255 e. The normalized spacial score (nSPS) is 10.9. The van der Waals surface area contributed by atoms with Gasteiger partial charge < -0.3 is 5.32 Å². The van der Waals surface area contributed by atoms with Gasteiger partial charge in [0.1, 0.15) is 6.54 Å². The number of nitrogens with one attached hydrogen (secondary N) is 1. The molecule has 3 rings (SSSR count). The number of carbonyl (C=O) groups is 1. The molecule has 1 amide bonds. The van der Waals surface area contributed by atoms with Gasteiger partial charge in [-0.3, -0.25) is 14.2 Å². The van der Waals surface area contributed by atoms with E-state index in [-0.39, 0.29) is 18.0 Å². The number of carbonyl (C=O) groups excluding carboxylic acids is 1. The van der Waals surface area contributed by atoms with E-state index in [9.17, 15) is 9.59 Å². The number of anilines is 1. The van der Waals surface area contributed by atoms with Crippen molar-refractivity contribution in [2.24, 2.45) is 0 Å². The largest absolute Gasteiger partial charge is 0.324 e. The van der Waals surface area contributed by atoms with E-state index in [2.05, 4.69) is 15.4 Å². The molecule has 2 aromatic heterocycles. The van der Waals surface area contributed by atoms with Crippen molar-refractivity contribution >= 4 is 11.6 Å². The molecule has 28 heavy (non-hydrogen) atoms. The van der Waals surface area contributed by atoms with Crippen molar-refractivity contribution < 1.29 is 4.79 Å². The molecule has 0 radical (unpaired) electrons. The highest BCUT2D eigenvalue weighted by Crippen LogP contribution is 2.16. The van der Waals surface area contributed by atoms with Crippen LogP contribution in [0.2, 0.25) is 0 Å². The molecule has 0 aliphatic heterocycles. The highest BCUT2D eigenvalue weighted by atomic mass is 16.2. The number of amides is 1. The SMILES string of the molecule is CCc1cc(=O)n(CC(=O)Nc2ccc(C)cc2C)c(-n2nc(C)cc2C)n1. The molecule has 146 valence electrons. The van der Waals surface area contributed by atoms with Crippen molar-refractivity contribution in [3.8, 4) is 5.95 Å². The predicted molar refractivity (Wildman–Crippen MR) is 109 cm³/mol. The molecule has 0 fully saturated rings. The van der Waals surface area contributed by atoms with Crippen LogP contribution in [-0.2, 0) is 17.8 Å². The minimum atomic E-state index is -0.289. The quantitative estimate of drug-likeness (QED) is 0.739. The smallest absolute Gasteiger partial charge is 0.255 e.